The van der Waals surface area contributed by atoms with Crippen LogP contribution in [0.15, 0.2) is 0 Å². The molecule has 0 bridgehead atoms. The maximum absolute atomic E-state index is 12.2. The normalized spacial score (nSPS) is 18.2. The highest BCUT2D eigenvalue weighted by atomic mass is 32.1. The molecule has 1 heterocycles. The van der Waals surface area contributed by atoms with Crippen molar-refractivity contribution in [2.75, 3.05) is 0 Å². The number of thiocarbonyl (C=S) groups is 1. The number of carbonyl (C=O) groups excluding carboxylic acids is 1. The molecule has 1 atom stereocenters. The highest BCUT2D eigenvalue weighted by molar-refractivity contribution is 7.80. The summed E-state index contributed by atoms with van der Waals surface area (Å²) in [4.78, 5) is 18.0. The SMILES string of the molecule is Cc1nc(C)c(C(C)NC(=O)C2(C(N)=S)CC2)s1. The van der Waals surface area contributed by atoms with Crippen molar-refractivity contribution in [3.63, 3.8) is 0 Å². The Labute approximate surface area is 116 Å². The summed E-state index contributed by atoms with van der Waals surface area (Å²) in [5, 5.41) is 4.01. The second-order valence-electron chi connectivity index (χ2n) is 4.82. The maximum atomic E-state index is 12.2. The van der Waals surface area contributed by atoms with Crippen LogP contribution in [0, 0.1) is 19.3 Å². The predicted molar refractivity (Wildman–Crippen MR) is 76.6 cm³/mol. The van der Waals surface area contributed by atoms with Crippen molar-refractivity contribution in [2.45, 2.75) is 39.7 Å². The number of hydrogen-bond acceptors (Lipinski definition) is 4. The summed E-state index contributed by atoms with van der Waals surface area (Å²) in [5.41, 5.74) is 6.03. The van der Waals surface area contributed by atoms with Crippen LogP contribution in [0.4, 0.5) is 0 Å². The molecule has 0 saturated heterocycles. The van der Waals surface area contributed by atoms with E-state index in [2.05, 4.69) is 10.3 Å². The lowest BCUT2D eigenvalue weighted by Crippen LogP contribution is -2.40. The van der Waals surface area contributed by atoms with Crippen LogP contribution in [0.25, 0.3) is 0 Å². The van der Waals surface area contributed by atoms with Crippen molar-refractivity contribution in [3.05, 3.63) is 15.6 Å². The van der Waals surface area contributed by atoms with Gasteiger partial charge in [-0.1, -0.05) is 12.2 Å². The Balaban J connectivity index is 2.08. The highest BCUT2D eigenvalue weighted by Crippen LogP contribution is 2.46. The monoisotopic (exact) mass is 283 g/mol. The number of rotatable bonds is 4. The number of aryl methyl sites for hydroxylation is 2. The average molecular weight is 283 g/mol. The molecule has 18 heavy (non-hydrogen) atoms. The Morgan fingerprint density at radius 3 is 2.56 bits per heavy atom. The van der Waals surface area contributed by atoms with Gasteiger partial charge in [0.1, 0.15) is 0 Å². The van der Waals surface area contributed by atoms with Crippen LogP contribution in [0.5, 0.6) is 0 Å². The number of aromatic nitrogens is 1. The molecule has 0 aromatic carbocycles. The third-order valence-electron chi connectivity index (χ3n) is 3.34. The quantitative estimate of drug-likeness (QED) is 0.829. The molecule has 1 aromatic heterocycles. The molecule has 0 radical (unpaired) electrons. The predicted octanol–water partition coefficient (Wildman–Crippen LogP) is 2.00. The molecule has 1 amide bonds. The maximum Gasteiger partial charge on any atom is 0.233 e. The van der Waals surface area contributed by atoms with Gasteiger partial charge in [-0.3, -0.25) is 4.79 Å². The number of nitrogens with zero attached hydrogens (tertiary/aromatic N) is 1. The molecule has 0 spiro atoms. The second kappa shape index (κ2) is 4.59. The largest absolute Gasteiger partial charge is 0.392 e. The second-order valence-corrected chi connectivity index (χ2v) is 6.50. The van der Waals surface area contributed by atoms with Gasteiger partial charge in [-0.2, -0.15) is 0 Å². The molecule has 3 N–H and O–H groups in total. The molecule has 1 aliphatic rings. The number of nitrogens with two attached hydrogens (primary N) is 1. The van der Waals surface area contributed by atoms with E-state index in [1.54, 1.807) is 11.3 Å². The van der Waals surface area contributed by atoms with Crippen LogP contribution in [-0.2, 0) is 4.79 Å². The molecule has 1 fully saturated rings. The first-order valence-corrected chi connectivity index (χ1v) is 7.14. The van der Waals surface area contributed by atoms with Crippen LogP contribution in [0.3, 0.4) is 0 Å². The van der Waals surface area contributed by atoms with E-state index in [1.165, 1.54) is 0 Å². The zero-order valence-corrected chi connectivity index (χ0v) is 12.4. The van der Waals surface area contributed by atoms with Crippen molar-refractivity contribution >= 4 is 34.5 Å². The fraction of sp³-hybridized carbons (Fsp3) is 0.583. The molecular formula is C12H17N3OS2. The number of thiazole rings is 1. The molecule has 6 heteroatoms. The van der Waals surface area contributed by atoms with E-state index >= 15 is 0 Å². The molecule has 0 aliphatic heterocycles. The molecule has 1 aromatic rings. The van der Waals surface area contributed by atoms with Crippen LogP contribution < -0.4 is 11.1 Å². The van der Waals surface area contributed by atoms with Crippen molar-refractivity contribution in [1.29, 1.82) is 0 Å². The number of hydrogen-bond donors (Lipinski definition) is 2. The average Bonchev–Trinajstić information content (AvgIpc) is 3.00. The van der Waals surface area contributed by atoms with Gasteiger partial charge in [0.15, 0.2) is 0 Å². The third-order valence-corrected chi connectivity index (χ3v) is 4.98. The summed E-state index contributed by atoms with van der Waals surface area (Å²) in [7, 11) is 0. The van der Waals surface area contributed by atoms with Crippen molar-refractivity contribution in [2.24, 2.45) is 11.1 Å². The van der Waals surface area contributed by atoms with E-state index in [4.69, 9.17) is 18.0 Å². The lowest BCUT2D eigenvalue weighted by molar-refractivity contribution is -0.124. The molecule has 2 rings (SSSR count). The summed E-state index contributed by atoms with van der Waals surface area (Å²) in [6.07, 6.45) is 1.53. The molecular weight excluding hydrogens is 266 g/mol. The standard InChI is InChI=1S/C12H17N3OS2/c1-6-9(18-8(3)14-6)7(2)15-11(16)12(4-5-12)10(13)17/h7H,4-5H2,1-3H3,(H2,13,17)(H,15,16). The Morgan fingerprint density at radius 2 is 2.17 bits per heavy atom. The Morgan fingerprint density at radius 1 is 1.56 bits per heavy atom. The van der Waals surface area contributed by atoms with E-state index in [1.807, 2.05) is 20.8 Å². The summed E-state index contributed by atoms with van der Waals surface area (Å²) in [5.74, 6) is -0.0482. The Hall–Kier alpha value is -1.01. The van der Waals surface area contributed by atoms with Gasteiger partial charge in [-0.25, -0.2) is 4.98 Å². The van der Waals surface area contributed by atoms with Crippen LogP contribution in [-0.4, -0.2) is 15.9 Å². The molecule has 98 valence electrons. The van der Waals surface area contributed by atoms with E-state index in [0.717, 1.165) is 28.4 Å². The van der Waals surface area contributed by atoms with Gasteiger partial charge in [-0.15, -0.1) is 11.3 Å². The molecule has 1 unspecified atom stereocenters. The smallest absolute Gasteiger partial charge is 0.233 e. The van der Waals surface area contributed by atoms with Crippen LogP contribution in [0.2, 0.25) is 0 Å². The summed E-state index contributed by atoms with van der Waals surface area (Å²) in [6.45, 7) is 5.89. The Bertz CT molecular complexity index is 505. The van der Waals surface area contributed by atoms with Crippen molar-refractivity contribution in [3.8, 4) is 0 Å². The summed E-state index contributed by atoms with van der Waals surface area (Å²) < 4.78 is 0. The third kappa shape index (κ3) is 2.27. The first kappa shape index (κ1) is 13.4. The first-order chi connectivity index (χ1) is 8.36. The first-order valence-electron chi connectivity index (χ1n) is 5.91. The van der Waals surface area contributed by atoms with Gasteiger partial charge in [0.2, 0.25) is 5.91 Å². The van der Waals surface area contributed by atoms with Crippen molar-refractivity contribution in [1.82, 2.24) is 10.3 Å². The minimum absolute atomic E-state index is 0.0458. The van der Waals surface area contributed by atoms with Crippen LogP contribution in [0.1, 0.15) is 41.4 Å². The van der Waals surface area contributed by atoms with Gasteiger partial charge >= 0.3 is 0 Å². The lowest BCUT2D eigenvalue weighted by Gasteiger charge is -2.18. The highest BCUT2D eigenvalue weighted by Gasteiger charge is 2.53. The minimum Gasteiger partial charge on any atom is -0.392 e. The molecule has 1 aliphatic carbocycles. The zero-order chi connectivity index (χ0) is 13.5. The van der Waals surface area contributed by atoms with Gasteiger partial charge < -0.3 is 11.1 Å². The summed E-state index contributed by atoms with van der Waals surface area (Å²) >= 11 is 6.59. The van der Waals surface area contributed by atoms with E-state index in [0.29, 0.717) is 4.99 Å². The topological polar surface area (TPSA) is 68.0 Å². The van der Waals surface area contributed by atoms with E-state index in [-0.39, 0.29) is 11.9 Å². The van der Waals surface area contributed by atoms with E-state index < -0.39 is 5.41 Å². The molecule has 1 saturated carbocycles. The number of carbonyl (C=O) groups is 1. The lowest BCUT2D eigenvalue weighted by atomic mass is 10.1. The number of nitrogens with one attached hydrogen (secondary N) is 1. The van der Waals surface area contributed by atoms with Gasteiger partial charge in [-0.05, 0) is 33.6 Å². The van der Waals surface area contributed by atoms with Gasteiger partial charge in [0.25, 0.3) is 0 Å². The minimum atomic E-state index is -0.586. The van der Waals surface area contributed by atoms with Gasteiger partial charge in [0, 0.05) is 4.88 Å². The summed E-state index contributed by atoms with van der Waals surface area (Å²) in [6, 6.07) is -0.0458. The van der Waals surface area contributed by atoms with Crippen LogP contribution >= 0.6 is 23.6 Å². The Kier molecular flexibility index (Phi) is 3.42. The fourth-order valence-electron chi connectivity index (χ4n) is 2.06. The molecule has 4 nitrogen and oxygen atoms in total. The zero-order valence-electron chi connectivity index (χ0n) is 10.7. The van der Waals surface area contributed by atoms with Crippen molar-refractivity contribution < 1.29 is 4.79 Å². The van der Waals surface area contributed by atoms with E-state index in [9.17, 15) is 4.79 Å². The fourth-order valence-corrected chi connectivity index (χ4v) is 3.29. The van der Waals surface area contributed by atoms with Gasteiger partial charge in [0.05, 0.1) is 27.1 Å². The number of amides is 1.